The molecule has 2 rings (SSSR count). The maximum Gasteiger partial charge on any atom is 0.123 e. The minimum atomic E-state index is -0.211. The summed E-state index contributed by atoms with van der Waals surface area (Å²) >= 11 is 1.67. The van der Waals surface area contributed by atoms with Crippen LogP contribution in [0.15, 0.2) is 24.3 Å². The molecule has 1 N–H and O–H groups in total. The molecule has 2 aromatic rings. The number of aromatic nitrogens is 1. The normalized spacial score (nSPS) is 10.8. The summed E-state index contributed by atoms with van der Waals surface area (Å²) < 4.78 is 13.2. The summed E-state index contributed by atoms with van der Waals surface area (Å²) in [4.78, 5) is 5.83. The van der Waals surface area contributed by atoms with E-state index < -0.39 is 0 Å². The topological polar surface area (TPSA) is 24.9 Å². The van der Waals surface area contributed by atoms with Gasteiger partial charge in [0.1, 0.15) is 10.8 Å². The number of benzene rings is 1. The molecule has 1 aromatic heterocycles. The number of hydrogen-bond acceptors (Lipinski definition) is 3. The summed E-state index contributed by atoms with van der Waals surface area (Å²) in [7, 11) is 1.96. The van der Waals surface area contributed by atoms with Crippen molar-refractivity contribution < 1.29 is 4.39 Å². The third kappa shape index (κ3) is 3.15. The van der Waals surface area contributed by atoms with Crippen molar-refractivity contribution >= 4 is 11.3 Å². The van der Waals surface area contributed by atoms with E-state index in [0.717, 1.165) is 35.7 Å². The van der Waals surface area contributed by atoms with Crippen LogP contribution in [0.25, 0.3) is 10.6 Å². The zero-order valence-electron chi connectivity index (χ0n) is 10.7. The molecule has 0 saturated carbocycles. The van der Waals surface area contributed by atoms with Crippen molar-refractivity contribution in [3.63, 3.8) is 0 Å². The predicted molar refractivity (Wildman–Crippen MR) is 74.5 cm³/mol. The minimum absolute atomic E-state index is 0.211. The SMILES string of the molecule is CNCCCc1sc(-c2cccc(F)c2)nc1C. The quantitative estimate of drug-likeness (QED) is 0.837. The molecule has 0 atom stereocenters. The van der Waals surface area contributed by atoms with Crippen LogP contribution in [0.1, 0.15) is 17.0 Å². The Bertz CT molecular complexity index is 522. The van der Waals surface area contributed by atoms with Gasteiger partial charge in [-0.25, -0.2) is 9.37 Å². The molecule has 0 saturated heterocycles. The van der Waals surface area contributed by atoms with E-state index in [4.69, 9.17) is 0 Å². The Hall–Kier alpha value is -1.26. The second kappa shape index (κ2) is 6.07. The van der Waals surface area contributed by atoms with E-state index in [-0.39, 0.29) is 5.82 Å². The molecule has 1 aromatic carbocycles. The first-order valence-corrected chi connectivity index (χ1v) is 6.89. The van der Waals surface area contributed by atoms with E-state index in [1.807, 2.05) is 20.0 Å². The summed E-state index contributed by atoms with van der Waals surface area (Å²) in [5.74, 6) is -0.211. The Morgan fingerprint density at radius 1 is 1.39 bits per heavy atom. The van der Waals surface area contributed by atoms with Gasteiger partial charge in [0.2, 0.25) is 0 Å². The molecule has 2 nitrogen and oxygen atoms in total. The van der Waals surface area contributed by atoms with Crippen LogP contribution in [0.2, 0.25) is 0 Å². The van der Waals surface area contributed by atoms with Crippen molar-refractivity contribution in [2.75, 3.05) is 13.6 Å². The van der Waals surface area contributed by atoms with Gasteiger partial charge in [0.25, 0.3) is 0 Å². The first-order chi connectivity index (χ1) is 8.70. The molecule has 1 heterocycles. The largest absolute Gasteiger partial charge is 0.320 e. The van der Waals surface area contributed by atoms with Crippen LogP contribution in [0.5, 0.6) is 0 Å². The van der Waals surface area contributed by atoms with Crippen molar-refractivity contribution in [1.82, 2.24) is 10.3 Å². The highest BCUT2D eigenvalue weighted by atomic mass is 32.1. The maximum atomic E-state index is 13.2. The summed E-state index contributed by atoms with van der Waals surface area (Å²) in [5, 5.41) is 4.05. The Morgan fingerprint density at radius 2 is 2.22 bits per heavy atom. The molecule has 4 heteroatoms. The van der Waals surface area contributed by atoms with Crippen molar-refractivity contribution in [3.05, 3.63) is 40.7 Å². The van der Waals surface area contributed by atoms with E-state index in [2.05, 4.69) is 10.3 Å². The number of halogens is 1. The molecule has 0 aliphatic heterocycles. The van der Waals surface area contributed by atoms with E-state index in [0.29, 0.717) is 0 Å². The van der Waals surface area contributed by atoms with Gasteiger partial charge in [-0.15, -0.1) is 11.3 Å². The Labute approximate surface area is 111 Å². The summed E-state index contributed by atoms with van der Waals surface area (Å²) in [5.41, 5.74) is 1.93. The lowest BCUT2D eigenvalue weighted by Crippen LogP contribution is -2.08. The second-order valence-corrected chi connectivity index (χ2v) is 5.33. The van der Waals surface area contributed by atoms with Crippen LogP contribution < -0.4 is 5.32 Å². The maximum absolute atomic E-state index is 13.2. The van der Waals surface area contributed by atoms with Crippen LogP contribution in [0.3, 0.4) is 0 Å². The van der Waals surface area contributed by atoms with E-state index in [1.54, 1.807) is 17.4 Å². The molecule has 18 heavy (non-hydrogen) atoms. The lowest BCUT2D eigenvalue weighted by Gasteiger charge is -1.97. The third-order valence-corrected chi connectivity index (χ3v) is 4.06. The van der Waals surface area contributed by atoms with Crippen molar-refractivity contribution in [2.45, 2.75) is 19.8 Å². The lowest BCUT2D eigenvalue weighted by atomic mass is 10.2. The summed E-state index contributed by atoms with van der Waals surface area (Å²) in [6.45, 7) is 3.03. The highest BCUT2D eigenvalue weighted by molar-refractivity contribution is 7.15. The smallest absolute Gasteiger partial charge is 0.123 e. The van der Waals surface area contributed by atoms with E-state index in [9.17, 15) is 4.39 Å². The molecule has 0 unspecified atom stereocenters. The molecule has 0 aliphatic carbocycles. The van der Waals surface area contributed by atoms with Crippen molar-refractivity contribution in [3.8, 4) is 10.6 Å². The van der Waals surface area contributed by atoms with Crippen LogP contribution in [-0.4, -0.2) is 18.6 Å². The Morgan fingerprint density at radius 3 is 2.94 bits per heavy atom. The lowest BCUT2D eigenvalue weighted by molar-refractivity contribution is 0.628. The van der Waals surface area contributed by atoms with Gasteiger partial charge in [-0.3, -0.25) is 0 Å². The number of rotatable bonds is 5. The second-order valence-electron chi connectivity index (χ2n) is 4.25. The molecule has 96 valence electrons. The first-order valence-electron chi connectivity index (χ1n) is 6.07. The number of nitrogens with zero attached hydrogens (tertiary/aromatic N) is 1. The highest BCUT2D eigenvalue weighted by Gasteiger charge is 2.09. The Kier molecular flexibility index (Phi) is 4.44. The predicted octanol–water partition coefficient (Wildman–Crippen LogP) is 3.41. The highest BCUT2D eigenvalue weighted by Crippen LogP contribution is 2.28. The molecular weight excluding hydrogens is 247 g/mol. The molecule has 0 spiro atoms. The molecule has 0 fully saturated rings. The number of aryl methyl sites for hydroxylation is 2. The zero-order chi connectivity index (χ0) is 13.0. The molecule has 0 bridgehead atoms. The fourth-order valence-electron chi connectivity index (χ4n) is 1.83. The van der Waals surface area contributed by atoms with Gasteiger partial charge < -0.3 is 5.32 Å². The van der Waals surface area contributed by atoms with Crippen molar-refractivity contribution in [1.29, 1.82) is 0 Å². The summed E-state index contributed by atoms with van der Waals surface area (Å²) in [6, 6.07) is 6.62. The average Bonchev–Trinajstić information content (AvgIpc) is 2.72. The Balaban J connectivity index is 2.18. The number of hydrogen-bond donors (Lipinski definition) is 1. The van der Waals surface area contributed by atoms with E-state index in [1.165, 1.54) is 17.0 Å². The number of thiazole rings is 1. The van der Waals surface area contributed by atoms with Crippen LogP contribution in [0, 0.1) is 12.7 Å². The van der Waals surface area contributed by atoms with Gasteiger partial charge in [0.15, 0.2) is 0 Å². The van der Waals surface area contributed by atoms with Crippen molar-refractivity contribution in [2.24, 2.45) is 0 Å². The number of nitrogens with one attached hydrogen (secondary N) is 1. The van der Waals surface area contributed by atoms with Gasteiger partial charge in [-0.2, -0.15) is 0 Å². The minimum Gasteiger partial charge on any atom is -0.320 e. The van der Waals surface area contributed by atoms with E-state index >= 15 is 0 Å². The van der Waals surface area contributed by atoms with Gasteiger partial charge in [0, 0.05) is 10.4 Å². The molecule has 0 aliphatic rings. The van der Waals surface area contributed by atoms with Gasteiger partial charge in [0.05, 0.1) is 5.69 Å². The third-order valence-electron chi connectivity index (χ3n) is 2.79. The van der Waals surface area contributed by atoms with Crippen LogP contribution >= 0.6 is 11.3 Å². The first kappa shape index (κ1) is 13.2. The van der Waals surface area contributed by atoms with Gasteiger partial charge >= 0.3 is 0 Å². The van der Waals surface area contributed by atoms with Gasteiger partial charge in [-0.1, -0.05) is 12.1 Å². The van der Waals surface area contributed by atoms with Crippen LogP contribution in [-0.2, 0) is 6.42 Å². The summed E-state index contributed by atoms with van der Waals surface area (Å²) in [6.07, 6.45) is 2.13. The molecule has 0 radical (unpaired) electrons. The average molecular weight is 264 g/mol. The molecule has 0 amide bonds. The fraction of sp³-hybridized carbons (Fsp3) is 0.357. The fourth-order valence-corrected chi connectivity index (χ4v) is 2.93. The van der Waals surface area contributed by atoms with Gasteiger partial charge in [-0.05, 0) is 45.5 Å². The standard InChI is InChI=1S/C14H17FN2S/c1-10-13(7-4-8-16-2)18-14(17-10)11-5-3-6-12(15)9-11/h3,5-6,9,16H,4,7-8H2,1-2H3. The monoisotopic (exact) mass is 264 g/mol. The van der Waals surface area contributed by atoms with Crippen LogP contribution in [0.4, 0.5) is 4.39 Å². The zero-order valence-corrected chi connectivity index (χ0v) is 11.5. The molecular formula is C14H17FN2S.